The molecule has 0 saturated carbocycles. The van der Waals surface area contributed by atoms with Crippen LogP contribution in [0.25, 0.3) is 0 Å². The second-order valence-electron chi connectivity index (χ2n) is 3.56. The zero-order valence-electron chi connectivity index (χ0n) is 10.8. The van der Waals surface area contributed by atoms with Crippen LogP contribution in [-0.2, 0) is 0 Å². The Balaban J connectivity index is 4.58. The number of carbonyl (C=O) groups excluding carboxylic acids is 2. The van der Waals surface area contributed by atoms with Gasteiger partial charge in [-0.15, -0.1) is 0 Å². The third-order valence-electron chi connectivity index (χ3n) is 1.54. The van der Waals surface area contributed by atoms with Crippen molar-refractivity contribution in [2.75, 3.05) is 28.2 Å². The van der Waals surface area contributed by atoms with Crippen LogP contribution in [0.15, 0.2) is 22.5 Å². The van der Waals surface area contributed by atoms with E-state index in [1.165, 1.54) is 9.80 Å². The molecular formula is C11H18N2O2S2. The van der Waals surface area contributed by atoms with Crippen LogP contribution >= 0.6 is 23.5 Å². The Morgan fingerprint density at radius 3 is 1.94 bits per heavy atom. The predicted molar refractivity (Wildman–Crippen MR) is 76.2 cm³/mol. The molecule has 4 nitrogen and oxygen atoms in total. The summed E-state index contributed by atoms with van der Waals surface area (Å²) in [6.45, 7) is 1.87. The maximum Gasteiger partial charge on any atom is 0.285 e. The number of rotatable bonds is 3. The largest absolute Gasteiger partial charge is 0.339 e. The molecular weight excluding hydrogens is 256 g/mol. The van der Waals surface area contributed by atoms with E-state index in [-0.39, 0.29) is 10.5 Å². The van der Waals surface area contributed by atoms with Gasteiger partial charge in [0.25, 0.3) is 10.5 Å². The smallest absolute Gasteiger partial charge is 0.285 e. The van der Waals surface area contributed by atoms with E-state index < -0.39 is 0 Å². The molecule has 2 amide bonds. The highest BCUT2D eigenvalue weighted by atomic mass is 32.2. The van der Waals surface area contributed by atoms with Gasteiger partial charge in [0, 0.05) is 33.1 Å². The molecule has 0 saturated heterocycles. The van der Waals surface area contributed by atoms with Gasteiger partial charge in [-0.1, -0.05) is 12.2 Å². The Labute approximate surface area is 111 Å². The fourth-order valence-electron chi connectivity index (χ4n) is 0.668. The molecule has 96 valence electrons. The van der Waals surface area contributed by atoms with Crippen molar-refractivity contribution < 1.29 is 9.59 Å². The van der Waals surface area contributed by atoms with Crippen molar-refractivity contribution in [3.63, 3.8) is 0 Å². The summed E-state index contributed by atoms with van der Waals surface area (Å²) in [4.78, 5) is 26.7. The van der Waals surface area contributed by atoms with Crippen LogP contribution in [0.5, 0.6) is 0 Å². The Bertz CT molecular complexity index is 336. The number of hydrogen-bond acceptors (Lipinski definition) is 4. The molecule has 0 N–H and O–H groups in total. The first-order chi connectivity index (χ1) is 7.88. The second-order valence-corrected chi connectivity index (χ2v) is 5.41. The molecule has 0 aromatic heterocycles. The van der Waals surface area contributed by atoms with E-state index in [1.807, 2.05) is 19.1 Å². The highest BCUT2D eigenvalue weighted by molar-refractivity contribution is 8.19. The van der Waals surface area contributed by atoms with Crippen LogP contribution in [0.2, 0.25) is 0 Å². The zero-order chi connectivity index (χ0) is 13.4. The minimum Gasteiger partial charge on any atom is -0.339 e. The first-order valence-electron chi connectivity index (χ1n) is 4.98. The summed E-state index contributed by atoms with van der Waals surface area (Å²) in [5.41, 5.74) is 0. The number of thioether (sulfide) groups is 2. The molecule has 0 radical (unpaired) electrons. The molecule has 0 aliphatic heterocycles. The highest BCUT2D eigenvalue weighted by Crippen LogP contribution is 2.24. The predicted octanol–water partition coefficient (Wildman–Crippen LogP) is 3.23. The summed E-state index contributed by atoms with van der Waals surface area (Å²) < 4.78 is 0. The molecule has 0 spiro atoms. The van der Waals surface area contributed by atoms with E-state index in [1.54, 1.807) is 33.6 Å². The highest BCUT2D eigenvalue weighted by Gasteiger charge is 2.08. The lowest BCUT2D eigenvalue weighted by Gasteiger charge is -2.10. The van der Waals surface area contributed by atoms with Gasteiger partial charge in [0.2, 0.25) is 0 Å². The number of allylic oxidation sites excluding steroid dienone is 2. The molecule has 0 aliphatic rings. The lowest BCUT2D eigenvalue weighted by molar-refractivity contribution is 0.240. The van der Waals surface area contributed by atoms with Gasteiger partial charge in [0.15, 0.2) is 0 Å². The van der Waals surface area contributed by atoms with E-state index >= 15 is 0 Å². The van der Waals surface area contributed by atoms with Crippen LogP contribution in [0.3, 0.4) is 0 Å². The van der Waals surface area contributed by atoms with Crippen LogP contribution in [0, 0.1) is 0 Å². The Morgan fingerprint density at radius 1 is 1.00 bits per heavy atom. The van der Waals surface area contributed by atoms with Gasteiger partial charge < -0.3 is 9.80 Å². The van der Waals surface area contributed by atoms with Crippen molar-refractivity contribution in [3.05, 3.63) is 22.5 Å². The summed E-state index contributed by atoms with van der Waals surface area (Å²) >= 11 is 2.17. The van der Waals surface area contributed by atoms with Crippen LogP contribution < -0.4 is 0 Å². The van der Waals surface area contributed by atoms with Crippen LogP contribution in [0.1, 0.15) is 6.92 Å². The third kappa shape index (κ3) is 7.12. The number of carbonyl (C=O) groups is 2. The van der Waals surface area contributed by atoms with E-state index in [9.17, 15) is 9.59 Å². The Hall–Kier alpha value is -0.880. The molecule has 0 unspecified atom stereocenters. The number of hydrogen-bond donors (Lipinski definition) is 0. The first-order valence-corrected chi connectivity index (χ1v) is 6.68. The lowest BCUT2D eigenvalue weighted by Crippen LogP contribution is -2.16. The van der Waals surface area contributed by atoms with Gasteiger partial charge in [-0.3, -0.25) is 9.59 Å². The van der Waals surface area contributed by atoms with Crippen LogP contribution in [0.4, 0.5) is 9.59 Å². The van der Waals surface area contributed by atoms with Gasteiger partial charge in [-0.25, -0.2) is 0 Å². The second kappa shape index (κ2) is 8.25. The average molecular weight is 274 g/mol. The zero-order valence-corrected chi connectivity index (χ0v) is 12.4. The molecule has 0 aromatic carbocycles. The van der Waals surface area contributed by atoms with Gasteiger partial charge in [-0.05, 0) is 35.9 Å². The van der Waals surface area contributed by atoms with E-state index in [4.69, 9.17) is 0 Å². The van der Waals surface area contributed by atoms with Crippen molar-refractivity contribution in [1.29, 1.82) is 0 Å². The minimum absolute atomic E-state index is 0.0627. The van der Waals surface area contributed by atoms with Crippen LogP contribution in [-0.4, -0.2) is 48.5 Å². The normalized spacial score (nSPS) is 11.7. The van der Waals surface area contributed by atoms with Crippen molar-refractivity contribution >= 4 is 34.0 Å². The molecule has 0 heterocycles. The summed E-state index contributed by atoms with van der Waals surface area (Å²) in [6.07, 6.45) is 3.64. The van der Waals surface area contributed by atoms with Crippen molar-refractivity contribution in [2.24, 2.45) is 0 Å². The Kier molecular flexibility index (Phi) is 7.82. The molecule has 0 bridgehead atoms. The quantitative estimate of drug-likeness (QED) is 0.741. The Morgan fingerprint density at radius 2 is 1.53 bits per heavy atom. The number of nitrogens with zero attached hydrogens (tertiary/aromatic N) is 2. The summed E-state index contributed by atoms with van der Waals surface area (Å²) in [5.74, 6) is 0. The van der Waals surface area contributed by atoms with Gasteiger partial charge in [0.1, 0.15) is 0 Å². The summed E-state index contributed by atoms with van der Waals surface area (Å²) in [5, 5.41) is 1.56. The van der Waals surface area contributed by atoms with Crippen molar-refractivity contribution in [1.82, 2.24) is 9.80 Å². The average Bonchev–Trinajstić information content (AvgIpc) is 2.25. The maximum absolute atomic E-state index is 11.5. The van der Waals surface area contributed by atoms with E-state index in [0.29, 0.717) is 0 Å². The third-order valence-corrected chi connectivity index (χ3v) is 3.66. The standard InChI is InChI=1S/C11H18N2O2S2/c1-6-7-9(17-11(15)13(4)5)8-16-10(14)12(2)3/h6-8H,1-5H3/b7-6+,9-8-. The molecule has 0 atom stereocenters. The van der Waals surface area contributed by atoms with Gasteiger partial charge >= 0.3 is 0 Å². The number of amides is 2. The van der Waals surface area contributed by atoms with E-state index in [2.05, 4.69) is 0 Å². The topological polar surface area (TPSA) is 40.6 Å². The summed E-state index contributed by atoms with van der Waals surface area (Å²) in [6, 6.07) is 0. The molecule has 6 heteroatoms. The molecule has 17 heavy (non-hydrogen) atoms. The molecule has 0 aliphatic carbocycles. The minimum atomic E-state index is -0.0649. The molecule has 0 rings (SSSR count). The van der Waals surface area contributed by atoms with Gasteiger partial charge in [0.05, 0.1) is 0 Å². The SMILES string of the molecule is C/C=C/C(=C/SC(=O)N(C)C)SC(=O)N(C)C. The summed E-state index contributed by atoms with van der Waals surface area (Å²) in [7, 11) is 6.77. The van der Waals surface area contributed by atoms with Gasteiger partial charge in [-0.2, -0.15) is 0 Å². The van der Waals surface area contributed by atoms with E-state index in [0.717, 1.165) is 28.4 Å². The monoisotopic (exact) mass is 274 g/mol. The van der Waals surface area contributed by atoms with Crippen molar-refractivity contribution in [2.45, 2.75) is 6.92 Å². The fraction of sp³-hybridized carbons (Fsp3) is 0.455. The fourth-order valence-corrected chi connectivity index (χ4v) is 2.10. The van der Waals surface area contributed by atoms with Crippen molar-refractivity contribution in [3.8, 4) is 0 Å². The maximum atomic E-state index is 11.5. The lowest BCUT2D eigenvalue weighted by atomic mass is 10.5. The molecule has 0 aromatic rings. The molecule has 0 fully saturated rings. The first kappa shape index (κ1) is 16.1.